The Hall–Kier alpha value is -1.51. The Balaban J connectivity index is 0.00000192. The molecule has 1 N–H and O–H groups in total. The van der Waals surface area contributed by atoms with Crippen molar-refractivity contribution in [1.82, 2.24) is 0 Å². The third-order valence-electron chi connectivity index (χ3n) is 4.90. The van der Waals surface area contributed by atoms with E-state index in [1.54, 1.807) is 0 Å². The van der Waals surface area contributed by atoms with Crippen molar-refractivity contribution >= 4 is 18.1 Å². The zero-order chi connectivity index (χ0) is 15.3. The van der Waals surface area contributed by atoms with Gasteiger partial charge in [-0.1, -0.05) is 67.8 Å². The lowest BCUT2D eigenvalue weighted by molar-refractivity contribution is 0.145. The van der Waals surface area contributed by atoms with Crippen LogP contribution in [-0.2, 0) is 6.54 Å². The lowest BCUT2D eigenvalue weighted by atomic mass is 9.80. The van der Waals surface area contributed by atoms with Crippen molar-refractivity contribution in [3.63, 3.8) is 0 Å². The lowest BCUT2D eigenvalue weighted by Gasteiger charge is -2.47. The summed E-state index contributed by atoms with van der Waals surface area (Å²) < 4.78 is 0. The maximum atomic E-state index is 10.2. The van der Waals surface area contributed by atoms with E-state index in [-0.39, 0.29) is 24.6 Å². The van der Waals surface area contributed by atoms with Gasteiger partial charge in [0.2, 0.25) is 0 Å². The molecule has 0 aliphatic heterocycles. The summed E-state index contributed by atoms with van der Waals surface area (Å²) >= 11 is 0. The molecular formula is C20H26ClNO. The number of rotatable bonds is 5. The number of aliphatic hydroxyl groups is 1. The molecule has 3 rings (SSSR count). The van der Waals surface area contributed by atoms with Gasteiger partial charge in [0, 0.05) is 12.2 Å². The van der Waals surface area contributed by atoms with Crippen LogP contribution in [-0.4, -0.2) is 17.3 Å². The van der Waals surface area contributed by atoms with Gasteiger partial charge < -0.3 is 10.0 Å². The fourth-order valence-corrected chi connectivity index (χ4v) is 3.63. The van der Waals surface area contributed by atoms with Gasteiger partial charge >= 0.3 is 0 Å². The molecule has 0 atom stereocenters. The van der Waals surface area contributed by atoms with Crippen molar-refractivity contribution in [2.75, 3.05) is 11.5 Å². The first kappa shape index (κ1) is 17.8. The van der Waals surface area contributed by atoms with Crippen LogP contribution < -0.4 is 4.90 Å². The van der Waals surface area contributed by atoms with Gasteiger partial charge in [0.1, 0.15) is 0 Å². The SMILES string of the molecule is Cl.OCC1(N(Cc2ccccc2)c2ccccc2)CCCCC1. The Morgan fingerprint density at radius 1 is 0.826 bits per heavy atom. The second-order valence-electron chi connectivity index (χ2n) is 6.35. The van der Waals surface area contributed by atoms with E-state index < -0.39 is 0 Å². The van der Waals surface area contributed by atoms with Crippen LogP contribution in [0.3, 0.4) is 0 Å². The molecule has 2 aromatic rings. The predicted octanol–water partition coefficient (Wildman–Crippen LogP) is 4.81. The highest BCUT2D eigenvalue weighted by Gasteiger charge is 2.37. The van der Waals surface area contributed by atoms with E-state index >= 15 is 0 Å². The van der Waals surface area contributed by atoms with Crippen LogP contribution in [0.2, 0.25) is 0 Å². The zero-order valence-electron chi connectivity index (χ0n) is 13.5. The average molecular weight is 332 g/mol. The molecule has 0 spiro atoms. The van der Waals surface area contributed by atoms with E-state index in [9.17, 15) is 5.11 Å². The first-order valence-electron chi connectivity index (χ1n) is 8.32. The Morgan fingerprint density at radius 3 is 1.96 bits per heavy atom. The van der Waals surface area contributed by atoms with Gasteiger partial charge in [-0.15, -0.1) is 12.4 Å². The van der Waals surface area contributed by atoms with Crippen molar-refractivity contribution in [1.29, 1.82) is 0 Å². The molecule has 1 fully saturated rings. The van der Waals surface area contributed by atoms with Gasteiger partial charge in [-0.25, -0.2) is 0 Å². The summed E-state index contributed by atoms with van der Waals surface area (Å²) in [4.78, 5) is 2.43. The lowest BCUT2D eigenvalue weighted by Crippen LogP contribution is -2.52. The molecule has 0 aromatic heterocycles. The third kappa shape index (κ3) is 4.07. The second-order valence-corrected chi connectivity index (χ2v) is 6.35. The molecule has 0 bridgehead atoms. The monoisotopic (exact) mass is 331 g/mol. The van der Waals surface area contributed by atoms with Crippen molar-refractivity contribution in [2.24, 2.45) is 0 Å². The largest absolute Gasteiger partial charge is 0.394 e. The maximum Gasteiger partial charge on any atom is 0.0663 e. The quantitative estimate of drug-likeness (QED) is 0.849. The fourth-order valence-electron chi connectivity index (χ4n) is 3.63. The predicted molar refractivity (Wildman–Crippen MR) is 99.2 cm³/mol. The number of halogens is 1. The number of nitrogens with zero attached hydrogens (tertiary/aromatic N) is 1. The number of benzene rings is 2. The topological polar surface area (TPSA) is 23.5 Å². The number of hydrogen-bond acceptors (Lipinski definition) is 2. The van der Waals surface area contributed by atoms with Gasteiger partial charge in [-0.2, -0.15) is 0 Å². The maximum absolute atomic E-state index is 10.2. The fraction of sp³-hybridized carbons (Fsp3) is 0.400. The summed E-state index contributed by atoms with van der Waals surface area (Å²) in [6, 6.07) is 21.1. The zero-order valence-corrected chi connectivity index (χ0v) is 14.3. The highest BCUT2D eigenvalue weighted by molar-refractivity contribution is 5.85. The molecule has 2 nitrogen and oxygen atoms in total. The standard InChI is InChI=1S/C20H25NO.ClH/c22-17-20(14-8-3-9-15-20)21(19-12-6-2-7-13-19)16-18-10-4-1-5-11-18;/h1-2,4-7,10-13,22H,3,8-9,14-17H2;1H. The molecule has 1 aliphatic carbocycles. The van der Waals surface area contributed by atoms with Crippen LogP contribution in [0.4, 0.5) is 5.69 Å². The molecule has 1 aliphatic rings. The van der Waals surface area contributed by atoms with Crippen LogP contribution in [0.1, 0.15) is 37.7 Å². The van der Waals surface area contributed by atoms with Crippen molar-refractivity contribution in [2.45, 2.75) is 44.2 Å². The molecule has 124 valence electrons. The minimum atomic E-state index is -0.116. The van der Waals surface area contributed by atoms with E-state index in [2.05, 4.69) is 65.6 Å². The van der Waals surface area contributed by atoms with Crippen molar-refractivity contribution in [3.05, 3.63) is 66.2 Å². The third-order valence-corrected chi connectivity index (χ3v) is 4.90. The van der Waals surface area contributed by atoms with Crippen molar-refractivity contribution in [3.8, 4) is 0 Å². The Kier molecular flexibility index (Phi) is 6.49. The minimum Gasteiger partial charge on any atom is -0.394 e. The highest BCUT2D eigenvalue weighted by Crippen LogP contribution is 2.37. The number of aliphatic hydroxyl groups excluding tert-OH is 1. The molecule has 0 unspecified atom stereocenters. The van der Waals surface area contributed by atoms with Gasteiger partial charge in [0.25, 0.3) is 0 Å². The van der Waals surface area contributed by atoms with Crippen LogP contribution in [0.15, 0.2) is 60.7 Å². The number of hydrogen-bond donors (Lipinski definition) is 1. The average Bonchev–Trinajstić information content (AvgIpc) is 2.62. The summed E-state index contributed by atoms with van der Waals surface area (Å²) in [6.45, 7) is 1.08. The first-order chi connectivity index (χ1) is 10.8. The van der Waals surface area contributed by atoms with Crippen LogP contribution in [0, 0.1) is 0 Å². The number of anilines is 1. The van der Waals surface area contributed by atoms with Crippen LogP contribution >= 0.6 is 12.4 Å². The Morgan fingerprint density at radius 2 is 1.39 bits per heavy atom. The Labute approximate surface area is 145 Å². The molecule has 0 heterocycles. The molecule has 2 aromatic carbocycles. The summed E-state index contributed by atoms with van der Waals surface area (Å²) in [5, 5.41) is 10.2. The van der Waals surface area contributed by atoms with E-state index in [0.29, 0.717) is 0 Å². The smallest absolute Gasteiger partial charge is 0.0663 e. The molecular weight excluding hydrogens is 306 g/mol. The number of para-hydroxylation sites is 1. The Bertz CT molecular complexity index is 567. The first-order valence-corrected chi connectivity index (χ1v) is 8.32. The molecule has 0 saturated heterocycles. The van der Waals surface area contributed by atoms with Crippen LogP contribution in [0.5, 0.6) is 0 Å². The van der Waals surface area contributed by atoms with E-state index in [0.717, 1.165) is 19.4 Å². The summed E-state index contributed by atoms with van der Waals surface area (Å²) in [5.41, 5.74) is 2.39. The van der Waals surface area contributed by atoms with Gasteiger partial charge in [-0.05, 0) is 30.5 Å². The summed E-state index contributed by atoms with van der Waals surface area (Å²) in [7, 11) is 0. The molecule has 3 heteroatoms. The molecule has 0 radical (unpaired) electrons. The normalized spacial score (nSPS) is 16.4. The molecule has 0 amide bonds. The molecule has 23 heavy (non-hydrogen) atoms. The van der Waals surface area contributed by atoms with E-state index in [4.69, 9.17) is 0 Å². The minimum absolute atomic E-state index is 0. The highest BCUT2D eigenvalue weighted by atomic mass is 35.5. The van der Waals surface area contributed by atoms with E-state index in [1.165, 1.54) is 30.5 Å². The molecule has 1 saturated carbocycles. The van der Waals surface area contributed by atoms with Crippen molar-refractivity contribution < 1.29 is 5.11 Å². The van der Waals surface area contributed by atoms with Gasteiger partial charge in [0.05, 0.1) is 12.1 Å². The van der Waals surface area contributed by atoms with Gasteiger partial charge in [0.15, 0.2) is 0 Å². The van der Waals surface area contributed by atoms with E-state index in [1.807, 2.05) is 0 Å². The second kappa shape index (κ2) is 8.37. The van der Waals surface area contributed by atoms with Gasteiger partial charge in [-0.3, -0.25) is 0 Å². The summed E-state index contributed by atoms with van der Waals surface area (Å²) in [6.07, 6.45) is 5.85. The van der Waals surface area contributed by atoms with Crippen LogP contribution in [0.25, 0.3) is 0 Å². The summed E-state index contributed by atoms with van der Waals surface area (Å²) in [5.74, 6) is 0.